The molecule has 0 atom stereocenters. The normalized spacial score (nSPS) is 12.7. The van der Waals surface area contributed by atoms with E-state index in [4.69, 9.17) is 9.47 Å². The van der Waals surface area contributed by atoms with Gasteiger partial charge in [0.2, 0.25) is 10.0 Å². The second-order valence-electron chi connectivity index (χ2n) is 7.20. The minimum Gasteiger partial charge on any atom is -0.383 e. The fourth-order valence-corrected chi connectivity index (χ4v) is 5.82. The van der Waals surface area contributed by atoms with Crippen LogP contribution >= 0.6 is 11.3 Å². The van der Waals surface area contributed by atoms with Crippen molar-refractivity contribution >= 4 is 37.5 Å². The van der Waals surface area contributed by atoms with E-state index in [9.17, 15) is 13.2 Å². The van der Waals surface area contributed by atoms with E-state index in [1.54, 1.807) is 0 Å². The Bertz CT molecular complexity index is 1250. The van der Waals surface area contributed by atoms with Gasteiger partial charge in [0.05, 0.1) is 28.3 Å². The first-order valence-corrected chi connectivity index (χ1v) is 12.3. The summed E-state index contributed by atoms with van der Waals surface area (Å²) in [6.45, 7) is 2.97. The maximum atomic E-state index is 13.0. The molecule has 0 saturated heterocycles. The summed E-state index contributed by atoms with van der Waals surface area (Å²) < 4.78 is 40.3. The van der Waals surface area contributed by atoms with Crippen molar-refractivity contribution in [2.45, 2.75) is 11.8 Å². The molecule has 172 valence electrons. The Labute approximate surface area is 191 Å². The molecule has 0 spiro atoms. The number of aromatic nitrogens is 1. The summed E-state index contributed by atoms with van der Waals surface area (Å²) in [6.07, 6.45) is 0. The second-order valence-corrected chi connectivity index (χ2v) is 10.1. The van der Waals surface area contributed by atoms with Crippen molar-refractivity contribution < 1.29 is 22.7 Å². The van der Waals surface area contributed by atoms with Gasteiger partial charge < -0.3 is 14.0 Å². The summed E-state index contributed by atoms with van der Waals surface area (Å²) in [5, 5.41) is 0. The SMILES string of the molecule is COCCN(CCOC)S(=O)(=O)c1ccc(C(=O)N=c2sc3cccc(C)c3n2C)cc1. The van der Waals surface area contributed by atoms with Crippen LogP contribution in [0.5, 0.6) is 0 Å². The molecule has 0 aliphatic rings. The molecule has 0 radical (unpaired) electrons. The van der Waals surface area contributed by atoms with Crippen LogP contribution in [0, 0.1) is 6.92 Å². The molecule has 1 amide bonds. The number of thiazole rings is 1. The lowest BCUT2D eigenvalue weighted by molar-refractivity contribution is 0.0998. The minimum absolute atomic E-state index is 0.101. The largest absolute Gasteiger partial charge is 0.383 e. The lowest BCUT2D eigenvalue weighted by Gasteiger charge is -2.21. The summed E-state index contributed by atoms with van der Waals surface area (Å²) in [4.78, 5) is 17.7. The van der Waals surface area contributed by atoms with Gasteiger partial charge in [-0.15, -0.1) is 0 Å². The molecule has 3 aromatic rings. The first-order chi connectivity index (χ1) is 15.3. The quantitative estimate of drug-likeness (QED) is 0.473. The number of ether oxygens (including phenoxy) is 2. The molecule has 32 heavy (non-hydrogen) atoms. The summed E-state index contributed by atoms with van der Waals surface area (Å²) in [5.41, 5.74) is 2.47. The summed E-state index contributed by atoms with van der Waals surface area (Å²) in [7, 11) is 1.16. The molecule has 0 aliphatic heterocycles. The van der Waals surface area contributed by atoms with E-state index >= 15 is 0 Å². The first kappa shape index (κ1) is 24.3. The summed E-state index contributed by atoms with van der Waals surface area (Å²) in [5.74, 6) is -0.427. The third kappa shape index (κ3) is 5.16. The van der Waals surface area contributed by atoms with Crippen molar-refractivity contribution in [3.05, 3.63) is 58.4 Å². The third-order valence-electron chi connectivity index (χ3n) is 5.05. The zero-order valence-electron chi connectivity index (χ0n) is 18.6. The monoisotopic (exact) mass is 477 g/mol. The van der Waals surface area contributed by atoms with E-state index in [1.165, 1.54) is 54.1 Å². The Balaban J connectivity index is 1.88. The van der Waals surface area contributed by atoms with Crippen LogP contribution < -0.4 is 4.80 Å². The van der Waals surface area contributed by atoms with Gasteiger partial charge in [-0.25, -0.2) is 8.42 Å². The van der Waals surface area contributed by atoms with Crippen LogP contribution in [0.25, 0.3) is 10.2 Å². The highest BCUT2D eigenvalue weighted by Crippen LogP contribution is 2.20. The molecule has 0 fully saturated rings. The Morgan fingerprint density at radius 3 is 2.25 bits per heavy atom. The van der Waals surface area contributed by atoms with E-state index in [-0.39, 0.29) is 31.2 Å². The molecular weight excluding hydrogens is 450 g/mol. The number of aryl methyl sites for hydroxylation is 2. The van der Waals surface area contributed by atoms with Crippen LogP contribution in [0.3, 0.4) is 0 Å². The van der Waals surface area contributed by atoms with Crippen molar-refractivity contribution in [3.63, 3.8) is 0 Å². The van der Waals surface area contributed by atoms with Gasteiger partial charge in [0.15, 0.2) is 4.80 Å². The van der Waals surface area contributed by atoms with E-state index < -0.39 is 15.9 Å². The van der Waals surface area contributed by atoms with Crippen molar-refractivity contribution in [1.29, 1.82) is 0 Å². The number of carbonyl (C=O) groups is 1. The van der Waals surface area contributed by atoms with Crippen LogP contribution in [-0.4, -0.2) is 63.7 Å². The van der Waals surface area contributed by atoms with Crippen molar-refractivity contribution in [2.24, 2.45) is 12.0 Å². The molecular formula is C22H27N3O5S2. The zero-order valence-corrected chi connectivity index (χ0v) is 20.2. The molecule has 1 heterocycles. The molecule has 10 heteroatoms. The van der Waals surface area contributed by atoms with Crippen LogP contribution in [0.15, 0.2) is 52.4 Å². The summed E-state index contributed by atoms with van der Waals surface area (Å²) in [6, 6.07) is 11.8. The second kappa shape index (κ2) is 10.5. The highest BCUT2D eigenvalue weighted by Gasteiger charge is 2.24. The molecule has 0 bridgehead atoms. The fourth-order valence-electron chi connectivity index (χ4n) is 3.31. The number of carbonyl (C=O) groups excluding carboxylic acids is 1. The zero-order chi connectivity index (χ0) is 23.3. The number of amides is 1. The number of fused-ring (bicyclic) bond motifs is 1. The highest BCUT2D eigenvalue weighted by molar-refractivity contribution is 7.89. The van der Waals surface area contributed by atoms with Gasteiger partial charge in [0.1, 0.15) is 0 Å². The fraction of sp³-hybridized carbons (Fsp3) is 0.364. The number of rotatable bonds is 9. The van der Waals surface area contributed by atoms with Gasteiger partial charge in [0.25, 0.3) is 5.91 Å². The van der Waals surface area contributed by atoms with Crippen LogP contribution in [0.2, 0.25) is 0 Å². The van der Waals surface area contributed by atoms with Gasteiger partial charge in [-0.1, -0.05) is 23.5 Å². The number of nitrogens with zero attached hydrogens (tertiary/aromatic N) is 3. The van der Waals surface area contributed by atoms with Crippen molar-refractivity contribution in [1.82, 2.24) is 8.87 Å². The van der Waals surface area contributed by atoms with Crippen molar-refractivity contribution in [3.8, 4) is 0 Å². The average Bonchev–Trinajstić information content (AvgIpc) is 3.10. The standard InChI is InChI=1S/C22H27N3O5S2/c1-16-6-5-7-19-20(16)24(2)22(31-19)23-21(26)17-8-10-18(11-9-17)32(27,28)25(12-14-29-3)13-15-30-4/h5-11H,12-15H2,1-4H3. The van der Waals surface area contributed by atoms with Gasteiger partial charge in [-0.05, 0) is 42.8 Å². The summed E-state index contributed by atoms with van der Waals surface area (Å²) >= 11 is 1.44. The van der Waals surface area contributed by atoms with Crippen LogP contribution in [0.1, 0.15) is 15.9 Å². The first-order valence-electron chi connectivity index (χ1n) is 10.0. The highest BCUT2D eigenvalue weighted by atomic mass is 32.2. The Kier molecular flexibility index (Phi) is 7.96. The van der Waals surface area contributed by atoms with Gasteiger partial charge >= 0.3 is 0 Å². The molecule has 1 aromatic heterocycles. The maximum absolute atomic E-state index is 13.0. The number of hydrogen-bond acceptors (Lipinski definition) is 6. The van der Waals surface area contributed by atoms with E-state index in [2.05, 4.69) is 4.99 Å². The topological polar surface area (TPSA) is 90.2 Å². The smallest absolute Gasteiger partial charge is 0.279 e. The van der Waals surface area contributed by atoms with Crippen LogP contribution in [-0.2, 0) is 26.5 Å². The van der Waals surface area contributed by atoms with E-state index in [1.807, 2.05) is 36.7 Å². The van der Waals surface area contributed by atoms with Gasteiger partial charge in [-0.3, -0.25) is 4.79 Å². The molecule has 0 N–H and O–H groups in total. The minimum atomic E-state index is -3.75. The Morgan fingerprint density at radius 2 is 1.69 bits per heavy atom. The molecule has 2 aromatic carbocycles. The van der Waals surface area contributed by atoms with Crippen molar-refractivity contribution in [2.75, 3.05) is 40.5 Å². The molecule has 3 rings (SSSR count). The van der Waals surface area contributed by atoms with E-state index in [0.717, 1.165) is 15.8 Å². The number of sulfonamides is 1. The predicted octanol–water partition coefficient (Wildman–Crippen LogP) is 2.57. The molecule has 8 nitrogen and oxygen atoms in total. The molecule has 0 unspecified atom stereocenters. The van der Waals surface area contributed by atoms with Crippen LogP contribution in [0.4, 0.5) is 0 Å². The third-order valence-corrected chi connectivity index (χ3v) is 8.06. The number of para-hydroxylation sites is 1. The lowest BCUT2D eigenvalue weighted by Crippen LogP contribution is -2.36. The maximum Gasteiger partial charge on any atom is 0.279 e. The predicted molar refractivity (Wildman–Crippen MR) is 124 cm³/mol. The number of benzene rings is 2. The van der Waals surface area contributed by atoms with Gasteiger partial charge in [-0.2, -0.15) is 9.30 Å². The molecule has 0 saturated carbocycles. The lowest BCUT2D eigenvalue weighted by atomic mass is 10.2. The molecule has 0 aliphatic carbocycles. The number of methoxy groups -OCH3 is 2. The van der Waals surface area contributed by atoms with Gasteiger partial charge in [0, 0.05) is 39.9 Å². The number of hydrogen-bond donors (Lipinski definition) is 0. The van der Waals surface area contributed by atoms with E-state index in [0.29, 0.717) is 10.4 Å². The Morgan fingerprint density at radius 1 is 1.06 bits per heavy atom. The Hall–Kier alpha value is -2.37. The average molecular weight is 478 g/mol.